The highest BCUT2D eigenvalue weighted by atomic mass is 16.4. The fourth-order valence-electron chi connectivity index (χ4n) is 5.16. The minimum absolute atomic E-state index is 0.623. The average molecular weight is 343 g/mol. The van der Waals surface area contributed by atoms with Gasteiger partial charge < -0.3 is 5.11 Å². The summed E-state index contributed by atoms with van der Waals surface area (Å²) in [5.41, 5.74) is 1.79. The molecular formula is C23H34O2. The van der Waals surface area contributed by atoms with Gasteiger partial charge in [0.25, 0.3) is 0 Å². The van der Waals surface area contributed by atoms with E-state index in [1.54, 1.807) is 0 Å². The molecule has 0 radical (unpaired) electrons. The normalized spacial score (nSPS) is 33.1. The van der Waals surface area contributed by atoms with E-state index in [-0.39, 0.29) is 0 Å². The first-order valence-corrected chi connectivity index (χ1v) is 10.4. The third kappa shape index (κ3) is 3.93. The van der Waals surface area contributed by atoms with Crippen molar-refractivity contribution in [2.24, 2.45) is 11.8 Å². The van der Waals surface area contributed by atoms with Crippen LogP contribution in [-0.2, 0) is 10.2 Å². The van der Waals surface area contributed by atoms with Gasteiger partial charge >= 0.3 is 5.97 Å². The number of hydrogen-bond acceptors (Lipinski definition) is 1. The zero-order valence-corrected chi connectivity index (χ0v) is 16.0. The van der Waals surface area contributed by atoms with Crippen LogP contribution >= 0.6 is 0 Å². The van der Waals surface area contributed by atoms with Gasteiger partial charge in [0.15, 0.2) is 0 Å². The van der Waals surface area contributed by atoms with Crippen molar-refractivity contribution in [3.63, 3.8) is 0 Å². The lowest BCUT2D eigenvalue weighted by molar-refractivity contribution is -0.145. The van der Waals surface area contributed by atoms with Gasteiger partial charge in [-0.2, -0.15) is 0 Å². The van der Waals surface area contributed by atoms with Gasteiger partial charge in [-0.05, 0) is 67.4 Å². The molecule has 2 heteroatoms. The van der Waals surface area contributed by atoms with Gasteiger partial charge in [-0.15, -0.1) is 0 Å². The number of hydrogen-bond donors (Lipinski definition) is 1. The van der Waals surface area contributed by atoms with Crippen molar-refractivity contribution in [2.45, 2.75) is 89.4 Å². The third-order valence-corrected chi connectivity index (χ3v) is 7.02. The predicted molar refractivity (Wildman–Crippen MR) is 103 cm³/mol. The number of carbonyl (C=O) groups is 1. The maximum Gasteiger partial charge on any atom is 0.314 e. The first kappa shape index (κ1) is 18.5. The van der Waals surface area contributed by atoms with Crippen LogP contribution in [0.5, 0.6) is 0 Å². The minimum atomic E-state index is -0.649. The molecule has 0 heterocycles. The Balaban J connectivity index is 1.73. The highest BCUT2D eigenvalue weighted by Gasteiger charge is 2.43. The summed E-state index contributed by atoms with van der Waals surface area (Å²) in [6.45, 7) is 4.58. The molecule has 0 unspecified atom stereocenters. The van der Waals surface area contributed by atoms with Crippen LogP contribution < -0.4 is 0 Å². The lowest BCUT2D eigenvalue weighted by atomic mass is 9.65. The standard InChI is InChI=1S/C23H34O2/c1-3-4-18-13-15-23(16-14-18,22(24)25)21-11-9-20(10-12-21)19-7-5-17(2)6-8-19/h9-12,17-19H,3-8,13-16H2,1-2H3,(H,24,25). The van der Waals surface area contributed by atoms with E-state index in [9.17, 15) is 9.90 Å². The second-order valence-electron chi connectivity index (χ2n) is 8.70. The van der Waals surface area contributed by atoms with E-state index in [2.05, 4.69) is 38.1 Å². The Hall–Kier alpha value is -1.31. The van der Waals surface area contributed by atoms with Gasteiger partial charge in [0.1, 0.15) is 0 Å². The Labute approximate surface area is 153 Å². The van der Waals surface area contributed by atoms with Crippen LogP contribution in [0, 0.1) is 11.8 Å². The Morgan fingerprint density at radius 2 is 1.64 bits per heavy atom. The average Bonchev–Trinajstić information content (AvgIpc) is 2.63. The van der Waals surface area contributed by atoms with Crippen molar-refractivity contribution in [2.75, 3.05) is 0 Å². The molecule has 1 aromatic rings. The molecule has 25 heavy (non-hydrogen) atoms. The molecule has 0 saturated heterocycles. The molecule has 3 rings (SSSR count). The lowest BCUT2D eigenvalue weighted by Gasteiger charge is -2.37. The van der Waals surface area contributed by atoms with Gasteiger partial charge in [-0.3, -0.25) is 4.79 Å². The second kappa shape index (κ2) is 7.93. The first-order valence-electron chi connectivity index (χ1n) is 10.4. The van der Waals surface area contributed by atoms with Crippen LogP contribution in [0.2, 0.25) is 0 Å². The molecule has 0 amide bonds. The summed E-state index contributed by atoms with van der Waals surface area (Å²) in [5, 5.41) is 10.0. The van der Waals surface area contributed by atoms with E-state index < -0.39 is 11.4 Å². The second-order valence-corrected chi connectivity index (χ2v) is 8.70. The van der Waals surface area contributed by atoms with Crippen molar-refractivity contribution in [1.82, 2.24) is 0 Å². The largest absolute Gasteiger partial charge is 0.481 e. The van der Waals surface area contributed by atoms with Crippen LogP contribution in [0.4, 0.5) is 0 Å². The van der Waals surface area contributed by atoms with E-state index >= 15 is 0 Å². The van der Waals surface area contributed by atoms with Crippen LogP contribution in [0.1, 0.15) is 95.1 Å². The van der Waals surface area contributed by atoms with E-state index in [0.717, 1.165) is 43.1 Å². The summed E-state index contributed by atoms with van der Waals surface area (Å²) in [4.78, 5) is 12.2. The van der Waals surface area contributed by atoms with Crippen molar-refractivity contribution < 1.29 is 9.90 Å². The Morgan fingerprint density at radius 1 is 1.04 bits per heavy atom. The number of aliphatic carboxylic acids is 1. The summed E-state index contributed by atoms with van der Waals surface area (Å²) < 4.78 is 0. The predicted octanol–water partition coefficient (Wildman–Crippen LogP) is 6.29. The summed E-state index contributed by atoms with van der Waals surface area (Å²) in [6, 6.07) is 8.70. The molecular weight excluding hydrogens is 308 g/mol. The Bertz CT molecular complexity index is 558. The molecule has 0 bridgehead atoms. The third-order valence-electron chi connectivity index (χ3n) is 7.02. The molecule has 138 valence electrons. The van der Waals surface area contributed by atoms with Gasteiger partial charge in [0.2, 0.25) is 0 Å². The Kier molecular flexibility index (Phi) is 5.86. The molecule has 2 fully saturated rings. The summed E-state index contributed by atoms with van der Waals surface area (Å²) >= 11 is 0. The number of carboxylic acids is 1. The maximum absolute atomic E-state index is 12.2. The summed E-state index contributed by atoms with van der Waals surface area (Å²) in [6.07, 6.45) is 11.4. The highest BCUT2D eigenvalue weighted by Crippen LogP contribution is 2.44. The van der Waals surface area contributed by atoms with Crippen molar-refractivity contribution in [1.29, 1.82) is 0 Å². The van der Waals surface area contributed by atoms with Crippen LogP contribution in [0.15, 0.2) is 24.3 Å². The quantitative estimate of drug-likeness (QED) is 0.682. The van der Waals surface area contributed by atoms with Crippen molar-refractivity contribution >= 4 is 5.97 Å². The summed E-state index contributed by atoms with van der Waals surface area (Å²) in [7, 11) is 0. The first-order chi connectivity index (χ1) is 12.0. The summed E-state index contributed by atoms with van der Waals surface area (Å²) in [5.74, 6) is 1.64. The molecule has 2 nitrogen and oxygen atoms in total. The fraction of sp³-hybridized carbons (Fsp3) is 0.696. The zero-order chi connectivity index (χ0) is 17.9. The highest BCUT2D eigenvalue weighted by molar-refractivity contribution is 5.81. The maximum atomic E-state index is 12.2. The van der Waals surface area contributed by atoms with Gasteiger partial charge in [-0.25, -0.2) is 0 Å². The topological polar surface area (TPSA) is 37.3 Å². The van der Waals surface area contributed by atoms with Crippen LogP contribution in [-0.4, -0.2) is 11.1 Å². The molecule has 2 aliphatic carbocycles. The van der Waals surface area contributed by atoms with E-state index in [1.165, 1.54) is 44.1 Å². The van der Waals surface area contributed by atoms with Crippen LogP contribution in [0.25, 0.3) is 0 Å². The van der Waals surface area contributed by atoms with Gasteiger partial charge in [0.05, 0.1) is 5.41 Å². The molecule has 1 N–H and O–H groups in total. The monoisotopic (exact) mass is 342 g/mol. The molecule has 2 aliphatic rings. The smallest absolute Gasteiger partial charge is 0.314 e. The van der Waals surface area contributed by atoms with E-state index in [0.29, 0.717) is 5.92 Å². The Morgan fingerprint density at radius 3 is 2.16 bits per heavy atom. The molecule has 2 saturated carbocycles. The zero-order valence-electron chi connectivity index (χ0n) is 16.0. The van der Waals surface area contributed by atoms with E-state index in [4.69, 9.17) is 0 Å². The van der Waals surface area contributed by atoms with E-state index in [1.807, 2.05) is 0 Å². The molecule has 1 aromatic carbocycles. The van der Waals surface area contributed by atoms with Crippen molar-refractivity contribution in [3.05, 3.63) is 35.4 Å². The number of rotatable bonds is 5. The SMILES string of the molecule is CCCC1CCC(C(=O)O)(c2ccc(C3CCC(C)CC3)cc2)CC1. The molecule has 0 aromatic heterocycles. The number of carboxylic acid groups (broad SMARTS) is 1. The number of benzene rings is 1. The minimum Gasteiger partial charge on any atom is -0.481 e. The van der Waals surface area contributed by atoms with Gasteiger partial charge in [-0.1, -0.05) is 63.8 Å². The van der Waals surface area contributed by atoms with Crippen molar-refractivity contribution in [3.8, 4) is 0 Å². The lowest BCUT2D eigenvalue weighted by Crippen LogP contribution is -2.39. The molecule has 0 aliphatic heterocycles. The fourth-order valence-corrected chi connectivity index (χ4v) is 5.16. The molecule has 0 spiro atoms. The molecule has 0 atom stereocenters. The van der Waals surface area contributed by atoms with Gasteiger partial charge in [0, 0.05) is 0 Å². The van der Waals surface area contributed by atoms with Crippen LogP contribution in [0.3, 0.4) is 0 Å².